The number of nitrogens with one attached hydrogen (secondary N) is 1. The molecule has 1 nitrogen and oxygen atoms in total. The lowest BCUT2D eigenvalue weighted by Crippen LogP contribution is -2.24. The van der Waals surface area contributed by atoms with E-state index in [2.05, 4.69) is 5.32 Å². The lowest BCUT2D eigenvalue weighted by molar-refractivity contribution is 0.511. The Morgan fingerprint density at radius 1 is 1.26 bits per heavy atom. The van der Waals surface area contributed by atoms with E-state index in [0.717, 1.165) is 0 Å². The molecule has 1 aromatic carbocycles. The van der Waals surface area contributed by atoms with Gasteiger partial charge in [0.2, 0.25) is 0 Å². The fourth-order valence-electron chi connectivity index (χ4n) is 1.91. The zero-order valence-electron chi connectivity index (χ0n) is 10.0. The second kappa shape index (κ2) is 6.18. The van der Waals surface area contributed by atoms with Crippen molar-refractivity contribution in [1.82, 2.24) is 5.32 Å². The van der Waals surface area contributed by atoms with Gasteiger partial charge in [0.05, 0.1) is 14.7 Å². The van der Waals surface area contributed by atoms with Crippen LogP contribution >= 0.6 is 34.5 Å². The molecule has 0 aliphatic rings. The van der Waals surface area contributed by atoms with Gasteiger partial charge in [0.15, 0.2) is 0 Å². The molecule has 1 aromatic heterocycles. The van der Waals surface area contributed by atoms with E-state index in [4.69, 9.17) is 23.2 Å². The zero-order valence-corrected chi connectivity index (χ0v) is 12.3. The first-order valence-electron chi connectivity index (χ1n) is 5.66. The molecular formula is C13H11Cl2F2NS. The van der Waals surface area contributed by atoms with Crippen LogP contribution in [-0.2, 0) is 0 Å². The quantitative estimate of drug-likeness (QED) is 0.832. The summed E-state index contributed by atoms with van der Waals surface area (Å²) in [4.78, 5) is 0. The van der Waals surface area contributed by atoms with Crippen LogP contribution in [0.5, 0.6) is 0 Å². The van der Waals surface area contributed by atoms with Crippen molar-refractivity contribution in [3.05, 3.63) is 55.7 Å². The summed E-state index contributed by atoms with van der Waals surface area (Å²) in [7, 11) is 0. The molecule has 1 unspecified atom stereocenters. The molecule has 19 heavy (non-hydrogen) atoms. The van der Waals surface area contributed by atoms with Gasteiger partial charge in [-0.3, -0.25) is 0 Å². The van der Waals surface area contributed by atoms with Crippen LogP contribution in [0.25, 0.3) is 0 Å². The van der Waals surface area contributed by atoms with E-state index in [1.807, 2.05) is 6.92 Å². The molecule has 0 aliphatic carbocycles. The summed E-state index contributed by atoms with van der Waals surface area (Å²) in [5, 5.41) is 3.03. The van der Waals surface area contributed by atoms with Crippen LogP contribution in [-0.4, -0.2) is 6.54 Å². The number of rotatable bonds is 4. The third kappa shape index (κ3) is 3.08. The SMILES string of the molecule is CCNC(c1cc(Cl)sc1Cl)c1c(F)cccc1F. The largest absolute Gasteiger partial charge is 0.306 e. The minimum atomic E-state index is -0.651. The average molecular weight is 322 g/mol. The first kappa shape index (κ1) is 14.7. The van der Waals surface area contributed by atoms with Gasteiger partial charge in [0, 0.05) is 11.1 Å². The molecule has 0 amide bonds. The van der Waals surface area contributed by atoms with E-state index in [1.54, 1.807) is 6.07 Å². The van der Waals surface area contributed by atoms with Crippen LogP contribution in [0.3, 0.4) is 0 Å². The highest BCUT2D eigenvalue weighted by Crippen LogP contribution is 2.38. The normalized spacial score (nSPS) is 12.7. The maximum absolute atomic E-state index is 13.9. The van der Waals surface area contributed by atoms with Crippen LogP contribution in [0, 0.1) is 11.6 Å². The van der Waals surface area contributed by atoms with E-state index in [0.29, 0.717) is 20.8 Å². The molecule has 0 spiro atoms. The van der Waals surface area contributed by atoms with Gasteiger partial charge in [-0.05, 0) is 24.7 Å². The van der Waals surface area contributed by atoms with Gasteiger partial charge in [0.1, 0.15) is 11.6 Å². The van der Waals surface area contributed by atoms with Crippen LogP contribution in [0.2, 0.25) is 8.67 Å². The molecule has 6 heteroatoms. The second-order valence-corrected chi connectivity index (χ2v) is 6.19. The monoisotopic (exact) mass is 321 g/mol. The molecule has 1 heterocycles. The summed E-state index contributed by atoms with van der Waals surface area (Å²) in [5.74, 6) is -1.21. The Balaban J connectivity index is 2.54. The molecule has 0 aliphatic heterocycles. The summed E-state index contributed by atoms with van der Waals surface area (Å²) in [5.41, 5.74) is 0.545. The first-order chi connectivity index (χ1) is 9.04. The van der Waals surface area contributed by atoms with Gasteiger partial charge in [0.25, 0.3) is 0 Å². The molecule has 1 N–H and O–H groups in total. The minimum absolute atomic E-state index is 0.0410. The number of hydrogen-bond acceptors (Lipinski definition) is 2. The van der Waals surface area contributed by atoms with E-state index < -0.39 is 17.7 Å². The molecule has 0 saturated heterocycles. The molecule has 2 rings (SSSR count). The van der Waals surface area contributed by atoms with Crippen molar-refractivity contribution >= 4 is 34.5 Å². The molecule has 102 valence electrons. The Morgan fingerprint density at radius 2 is 1.89 bits per heavy atom. The molecule has 1 atom stereocenters. The first-order valence-corrected chi connectivity index (χ1v) is 7.23. The number of thiophene rings is 1. The predicted molar refractivity (Wildman–Crippen MR) is 76.2 cm³/mol. The summed E-state index contributed by atoms with van der Waals surface area (Å²) >= 11 is 13.2. The average Bonchev–Trinajstić information content (AvgIpc) is 2.67. The van der Waals surface area contributed by atoms with Gasteiger partial charge < -0.3 is 5.32 Å². The highest BCUT2D eigenvalue weighted by molar-refractivity contribution is 7.20. The fourth-order valence-corrected chi connectivity index (χ4v) is 3.44. The maximum Gasteiger partial charge on any atom is 0.131 e. The number of halogens is 4. The smallest absolute Gasteiger partial charge is 0.131 e. The van der Waals surface area contributed by atoms with Crippen molar-refractivity contribution in [1.29, 1.82) is 0 Å². The van der Waals surface area contributed by atoms with Crippen LogP contribution in [0.1, 0.15) is 24.1 Å². The summed E-state index contributed by atoms with van der Waals surface area (Å²) in [6.45, 7) is 2.40. The lowest BCUT2D eigenvalue weighted by Gasteiger charge is -2.19. The standard InChI is InChI=1S/C13H11Cl2F2NS/c1-2-18-12(7-6-10(14)19-13(7)15)11-8(16)4-3-5-9(11)17/h3-6,12,18H,2H2,1H3. The number of hydrogen-bond donors (Lipinski definition) is 1. The second-order valence-electron chi connectivity index (χ2n) is 3.91. The third-order valence-corrected chi connectivity index (χ3v) is 4.21. The van der Waals surface area contributed by atoms with Crippen molar-refractivity contribution in [2.24, 2.45) is 0 Å². The van der Waals surface area contributed by atoms with E-state index in [1.165, 1.54) is 29.5 Å². The Hall–Kier alpha value is -0.680. The Labute approximate surface area is 124 Å². The zero-order chi connectivity index (χ0) is 14.0. The van der Waals surface area contributed by atoms with Crippen molar-refractivity contribution in [3.8, 4) is 0 Å². The Morgan fingerprint density at radius 3 is 2.37 bits per heavy atom. The highest BCUT2D eigenvalue weighted by Gasteiger charge is 2.24. The van der Waals surface area contributed by atoms with Crippen molar-refractivity contribution in [3.63, 3.8) is 0 Å². The molecule has 2 aromatic rings. The number of benzene rings is 1. The lowest BCUT2D eigenvalue weighted by atomic mass is 10.00. The van der Waals surface area contributed by atoms with Gasteiger partial charge in [-0.25, -0.2) is 8.78 Å². The predicted octanol–water partition coefficient (Wildman–Crippen LogP) is 5.03. The maximum atomic E-state index is 13.9. The minimum Gasteiger partial charge on any atom is -0.306 e. The van der Waals surface area contributed by atoms with Crippen LogP contribution in [0.4, 0.5) is 8.78 Å². The van der Waals surface area contributed by atoms with Crippen LogP contribution in [0.15, 0.2) is 24.3 Å². The fraction of sp³-hybridized carbons (Fsp3) is 0.231. The van der Waals surface area contributed by atoms with Crippen molar-refractivity contribution in [2.45, 2.75) is 13.0 Å². The van der Waals surface area contributed by atoms with E-state index in [-0.39, 0.29) is 5.56 Å². The Bertz CT molecular complexity index is 566. The highest BCUT2D eigenvalue weighted by atomic mass is 35.5. The summed E-state index contributed by atoms with van der Waals surface area (Å²) in [6.07, 6.45) is 0. The third-order valence-electron chi connectivity index (χ3n) is 2.69. The Kier molecular flexibility index (Phi) is 4.79. The van der Waals surface area contributed by atoms with E-state index in [9.17, 15) is 8.78 Å². The molecule has 0 radical (unpaired) electrons. The molecule has 0 bridgehead atoms. The molecular weight excluding hydrogens is 311 g/mol. The van der Waals surface area contributed by atoms with Crippen LogP contribution < -0.4 is 5.32 Å². The van der Waals surface area contributed by atoms with Gasteiger partial charge in [-0.2, -0.15) is 0 Å². The summed E-state index contributed by atoms with van der Waals surface area (Å²) < 4.78 is 28.7. The van der Waals surface area contributed by atoms with Gasteiger partial charge in [-0.1, -0.05) is 36.2 Å². The summed E-state index contributed by atoms with van der Waals surface area (Å²) in [6, 6.07) is 4.77. The molecule has 0 fully saturated rings. The topological polar surface area (TPSA) is 12.0 Å². The van der Waals surface area contributed by atoms with Gasteiger partial charge >= 0.3 is 0 Å². The molecule has 0 saturated carbocycles. The van der Waals surface area contributed by atoms with Gasteiger partial charge in [-0.15, -0.1) is 11.3 Å². The van der Waals surface area contributed by atoms with Crippen molar-refractivity contribution in [2.75, 3.05) is 6.54 Å². The van der Waals surface area contributed by atoms with E-state index >= 15 is 0 Å². The van der Waals surface area contributed by atoms with Crippen molar-refractivity contribution < 1.29 is 8.78 Å².